The lowest BCUT2D eigenvalue weighted by Gasteiger charge is -2.22. The molecule has 17 heavy (non-hydrogen) atoms. The first-order chi connectivity index (χ1) is 7.94. The van der Waals surface area contributed by atoms with Crippen molar-refractivity contribution in [1.82, 2.24) is 5.32 Å². The zero-order valence-electron chi connectivity index (χ0n) is 9.87. The first-order valence-corrected chi connectivity index (χ1v) is 6.59. The molecule has 0 spiro atoms. The number of halogens is 1. The van der Waals surface area contributed by atoms with Crippen molar-refractivity contribution in [2.75, 3.05) is 18.6 Å². The van der Waals surface area contributed by atoms with Crippen LogP contribution >= 0.6 is 11.8 Å². The molecule has 1 unspecified atom stereocenters. The Morgan fingerprint density at radius 3 is 2.88 bits per heavy atom. The van der Waals surface area contributed by atoms with Crippen LogP contribution in [-0.4, -0.2) is 35.2 Å². The highest BCUT2D eigenvalue weighted by atomic mass is 32.2. The first-order valence-electron chi connectivity index (χ1n) is 5.20. The van der Waals surface area contributed by atoms with E-state index in [-0.39, 0.29) is 18.0 Å². The summed E-state index contributed by atoms with van der Waals surface area (Å²) in [5, 5.41) is 12.4. The topological polar surface area (TPSA) is 49.3 Å². The van der Waals surface area contributed by atoms with Crippen molar-refractivity contribution in [3.63, 3.8) is 0 Å². The number of carbonyl (C=O) groups is 1. The van der Waals surface area contributed by atoms with E-state index in [2.05, 4.69) is 5.32 Å². The van der Waals surface area contributed by atoms with Crippen LogP contribution in [0.1, 0.15) is 17.3 Å². The Bertz CT molecular complexity index is 396. The van der Waals surface area contributed by atoms with Crippen molar-refractivity contribution in [1.29, 1.82) is 0 Å². The molecule has 1 rings (SSSR count). The van der Waals surface area contributed by atoms with Crippen LogP contribution in [0, 0.1) is 5.82 Å². The number of amides is 1. The van der Waals surface area contributed by atoms with Crippen LogP contribution in [0.15, 0.2) is 24.3 Å². The molecule has 1 atom stereocenters. The number of aliphatic hydroxyl groups is 1. The van der Waals surface area contributed by atoms with E-state index in [0.29, 0.717) is 5.75 Å². The first kappa shape index (κ1) is 14.0. The van der Waals surface area contributed by atoms with E-state index in [1.165, 1.54) is 36.0 Å². The van der Waals surface area contributed by atoms with Crippen molar-refractivity contribution < 1.29 is 14.3 Å². The SMILES string of the molecule is CSCC(C)(O)CNC(=O)c1cccc(F)c1. The van der Waals surface area contributed by atoms with Crippen molar-refractivity contribution in [2.45, 2.75) is 12.5 Å². The number of hydrogen-bond donors (Lipinski definition) is 2. The minimum Gasteiger partial charge on any atom is -0.387 e. The van der Waals surface area contributed by atoms with E-state index >= 15 is 0 Å². The normalized spacial score (nSPS) is 14.1. The second kappa shape index (κ2) is 6.02. The molecule has 0 radical (unpaired) electrons. The van der Waals surface area contributed by atoms with E-state index < -0.39 is 11.4 Å². The fourth-order valence-corrected chi connectivity index (χ4v) is 2.09. The lowest BCUT2D eigenvalue weighted by atomic mass is 10.1. The molecule has 0 aromatic heterocycles. The van der Waals surface area contributed by atoms with E-state index in [4.69, 9.17) is 0 Å². The number of carbonyl (C=O) groups excluding carboxylic acids is 1. The van der Waals surface area contributed by atoms with Crippen LogP contribution < -0.4 is 5.32 Å². The third-order valence-corrected chi connectivity index (χ3v) is 3.08. The molecule has 0 saturated heterocycles. The fourth-order valence-electron chi connectivity index (χ4n) is 1.36. The maximum absolute atomic E-state index is 12.9. The number of thioether (sulfide) groups is 1. The molecule has 0 aliphatic heterocycles. The molecule has 3 nitrogen and oxygen atoms in total. The van der Waals surface area contributed by atoms with Gasteiger partial charge in [0.1, 0.15) is 5.82 Å². The van der Waals surface area contributed by atoms with Gasteiger partial charge in [-0.3, -0.25) is 4.79 Å². The molecule has 0 heterocycles. The van der Waals surface area contributed by atoms with E-state index in [0.717, 1.165) is 0 Å². The highest BCUT2D eigenvalue weighted by Gasteiger charge is 2.20. The molecule has 0 saturated carbocycles. The quantitative estimate of drug-likeness (QED) is 0.843. The van der Waals surface area contributed by atoms with Gasteiger partial charge in [-0.15, -0.1) is 0 Å². The van der Waals surface area contributed by atoms with Crippen molar-refractivity contribution in [3.8, 4) is 0 Å². The molecule has 1 amide bonds. The molecule has 1 aromatic rings. The zero-order chi connectivity index (χ0) is 12.9. The summed E-state index contributed by atoms with van der Waals surface area (Å²) >= 11 is 1.50. The third-order valence-electron chi connectivity index (χ3n) is 2.17. The average molecular weight is 257 g/mol. The summed E-state index contributed by atoms with van der Waals surface area (Å²) < 4.78 is 12.9. The summed E-state index contributed by atoms with van der Waals surface area (Å²) in [6, 6.07) is 5.45. The molecular formula is C12H16FNO2S. The Morgan fingerprint density at radius 2 is 2.29 bits per heavy atom. The minimum absolute atomic E-state index is 0.142. The molecule has 1 aromatic carbocycles. The number of hydrogen-bond acceptors (Lipinski definition) is 3. The number of rotatable bonds is 5. The summed E-state index contributed by atoms with van der Waals surface area (Å²) in [6.07, 6.45) is 1.88. The molecule has 0 aliphatic carbocycles. The van der Waals surface area contributed by atoms with Gasteiger partial charge in [0.05, 0.1) is 5.60 Å². The molecule has 0 fully saturated rings. The van der Waals surface area contributed by atoms with Crippen LogP contribution in [0.2, 0.25) is 0 Å². The van der Waals surface area contributed by atoms with Gasteiger partial charge in [0.2, 0.25) is 0 Å². The molecule has 2 N–H and O–H groups in total. The van der Waals surface area contributed by atoms with Gasteiger partial charge in [-0.2, -0.15) is 11.8 Å². The van der Waals surface area contributed by atoms with Gasteiger partial charge >= 0.3 is 0 Å². The Labute approximate surface area is 104 Å². The Morgan fingerprint density at radius 1 is 1.59 bits per heavy atom. The minimum atomic E-state index is -0.956. The Hall–Kier alpha value is -1.07. The molecule has 5 heteroatoms. The van der Waals surface area contributed by atoms with Crippen molar-refractivity contribution in [3.05, 3.63) is 35.6 Å². The van der Waals surface area contributed by atoms with Crippen molar-refractivity contribution in [2.24, 2.45) is 0 Å². The smallest absolute Gasteiger partial charge is 0.251 e. The van der Waals surface area contributed by atoms with Crippen LogP contribution in [0.5, 0.6) is 0 Å². The Kier molecular flexibility index (Phi) is 4.96. The predicted octanol–water partition coefficient (Wildman–Crippen LogP) is 1.67. The molecule has 94 valence electrons. The standard InChI is InChI=1S/C12H16FNO2S/c1-12(16,8-17-2)7-14-11(15)9-4-3-5-10(13)6-9/h3-6,16H,7-8H2,1-2H3,(H,14,15). The molecule has 0 aliphatic rings. The maximum Gasteiger partial charge on any atom is 0.251 e. The summed E-state index contributed by atoms with van der Waals surface area (Å²) in [6.45, 7) is 1.79. The van der Waals surface area contributed by atoms with Crippen LogP contribution in [0.3, 0.4) is 0 Å². The van der Waals surface area contributed by atoms with Crippen LogP contribution in [-0.2, 0) is 0 Å². The largest absolute Gasteiger partial charge is 0.387 e. The van der Waals surface area contributed by atoms with Gasteiger partial charge in [-0.05, 0) is 31.4 Å². The summed E-state index contributed by atoms with van der Waals surface area (Å²) in [7, 11) is 0. The monoisotopic (exact) mass is 257 g/mol. The highest BCUT2D eigenvalue weighted by Crippen LogP contribution is 2.10. The molecule has 0 bridgehead atoms. The van der Waals surface area contributed by atoms with Gasteiger partial charge in [0.15, 0.2) is 0 Å². The van der Waals surface area contributed by atoms with Crippen LogP contribution in [0.4, 0.5) is 4.39 Å². The lowest BCUT2D eigenvalue weighted by Crippen LogP contribution is -2.42. The molecular weight excluding hydrogens is 241 g/mol. The number of benzene rings is 1. The second-order valence-electron chi connectivity index (χ2n) is 4.12. The van der Waals surface area contributed by atoms with E-state index in [9.17, 15) is 14.3 Å². The number of nitrogens with one attached hydrogen (secondary N) is 1. The highest BCUT2D eigenvalue weighted by molar-refractivity contribution is 7.98. The van der Waals surface area contributed by atoms with Gasteiger partial charge in [-0.1, -0.05) is 6.07 Å². The summed E-state index contributed by atoms with van der Waals surface area (Å²) in [4.78, 5) is 11.7. The maximum atomic E-state index is 12.9. The summed E-state index contributed by atoms with van der Waals surface area (Å²) in [5.74, 6) is -0.310. The Balaban J connectivity index is 2.56. The zero-order valence-corrected chi connectivity index (χ0v) is 10.7. The van der Waals surface area contributed by atoms with E-state index in [1.54, 1.807) is 6.92 Å². The van der Waals surface area contributed by atoms with Gasteiger partial charge in [-0.25, -0.2) is 4.39 Å². The van der Waals surface area contributed by atoms with Crippen LogP contribution in [0.25, 0.3) is 0 Å². The second-order valence-corrected chi connectivity index (χ2v) is 4.99. The van der Waals surface area contributed by atoms with Gasteiger partial charge in [0.25, 0.3) is 5.91 Å². The van der Waals surface area contributed by atoms with Gasteiger partial charge < -0.3 is 10.4 Å². The predicted molar refractivity (Wildman–Crippen MR) is 67.7 cm³/mol. The lowest BCUT2D eigenvalue weighted by molar-refractivity contribution is 0.0725. The van der Waals surface area contributed by atoms with Gasteiger partial charge in [0, 0.05) is 17.9 Å². The van der Waals surface area contributed by atoms with E-state index in [1.807, 2.05) is 6.26 Å². The summed E-state index contributed by atoms with van der Waals surface area (Å²) in [5.41, 5.74) is -0.701. The average Bonchev–Trinajstić information content (AvgIpc) is 2.26. The fraction of sp³-hybridized carbons (Fsp3) is 0.417. The van der Waals surface area contributed by atoms with Crippen molar-refractivity contribution >= 4 is 17.7 Å². The third kappa shape index (κ3) is 4.75.